The fraction of sp³-hybridized carbons (Fsp3) is 0.0625. The van der Waals surface area contributed by atoms with E-state index in [1.165, 1.54) is 6.08 Å². The van der Waals surface area contributed by atoms with Crippen LogP contribution in [0, 0.1) is 6.92 Å². The van der Waals surface area contributed by atoms with Gasteiger partial charge in [-0.3, -0.25) is 0 Å². The van der Waals surface area contributed by atoms with Gasteiger partial charge in [0.25, 0.3) is 0 Å². The third-order valence-electron chi connectivity index (χ3n) is 2.74. The Morgan fingerprint density at radius 2 is 1.90 bits per heavy atom. The molecule has 2 rings (SSSR count). The summed E-state index contributed by atoms with van der Waals surface area (Å²) in [5.41, 5.74) is 1.74. The number of aryl methyl sites for hydroxylation is 1. The van der Waals surface area contributed by atoms with Crippen LogP contribution >= 0.6 is 31.9 Å². The van der Waals surface area contributed by atoms with Gasteiger partial charge in [0.2, 0.25) is 0 Å². The van der Waals surface area contributed by atoms with E-state index in [-0.39, 0.29) is 0 Å². The highest BCUT2D eigenvalue weighted by molar-refractivity contribution is 9.11. The van der Waals surface area contributed by atoms with E-state index in [1.807, 2.05) is 43.3 Å². The molecule has 0 bridgehead atoms. The van der Waals surface area contributed by atoms with Gasteiger partial charge in [0.05, 0.1) is 4.47 Å². The maximum atomic E-state index is 10.6. The molecule has 2 aromatic carbocycles. The van der Waals surface area contributed by atoms with E-state index in [2.05, 4.69) is 31.9 Å². The Balaban J connectivity index is 2.30. The van der Waals surface area contributed by atoms with Crippen LogP contribution in [-0.2, 0) is 4.79 Å². The minimum Gasteiger partial charge on any atom is -0.478 e. The summed E-state index contributed by atoms with van der Waals surface area (Å²) < 4.78 is 7.68. The molecular weight excluding hydrogens is 400 g/mol. The lowest BCUT2D eigenvalue weighted by molar-refractivity contribution is -0.131. The minimum atomic E-state index is -0.978. The summed E-state index contributed by atoms with van der Waals surface area (Å²) in [4.78, 5) is 10.6. The topological polar surface area (TPSA) is 46.5 Å². The van der Waals surface area contributed by atoms with Crippen molar-refractivity contribution < 1.29 is 14.6 Å². The first-order valence-electron chi connectivity index (χ1n) is 6.10. The molecule has 0 spiro atoms. The van der Waals surface area contributed by atoms with Gasteiger partial charge in [-0.25, -0.2) is 4.79 Å². The largest absolute Gasteiger partial charge is 0.478 e. The number of ether oxygens (including phenoxy) is 1. The van der Waals surface area contributed by atoms with E-state index in [9.17, 15) is 4.79 Å². The Labute approximate surface area is 139 Å². The lowest BCUT2D eigenvalue weighted by Crippen LogP contribution is -1.90. The molecule has 0 aromatic heterocycles. The molecule has 1 N–H and O–H groups in total. The van der Waals surface area contributed by atoms with Crippen molar-refractivity contribution in [2.45, 2.75) is 6.92 Å². The third-order valence-corrected chi connectivity index (χ3v) is 3.86. The molecule has 0 heterocycles. The fourth-order valence-electron chi connectivity index (χ4n) is 1.67. The van der Waals surface area contributed by atoms with E-state index in [4.69, 9.17) is 9.84 Å². The minimum absolute atomic E-state index is 0.686. The first kappa shape index (κ1) is 15.8. The van der Waals surface area contributed by atoms with Gasteiger partial charge in [0.1, 0.15) is 11.5 Å². The van der Waals surface area contributed by atoms with Crippen LogP contribution in [0.2, 0.25) is 0 Å². The summed E-state index contributed by atoms with van der Waals surface area (Å²) in [6.07, 6.45) is 2.63. The van der Waals surface area contributed by atoms with Crippen LogP contribution in [0.25, 0.3) is 6.08 Å². The van der Waals surface area contributed by atoms with E-state index >= 15 is 0 Å². The number of carboxylic acids is 1. The Morgan fingerprint density at radius 1 is 1.14 bits per heavy atom. The average Bonchev–Trinajstić information content (AvgIpc) is 2.42. The van der Waals surface area contributed by atoms with E-state index in [0.717, 1.165) is 26.1 Å². The molecule has 5 heteroatoms. The molecular formula is C16H12Br2O3. The number of rotatable bonds is 4. The van der Waals surface area contributed by atoms with Crippen molar-refractivity contribution in [3.63, 3.8) is 0 Å². The van der Waals surface area contributed by atoms with Gasteiger partial charge >= 0.3 is 5.97 Å². The number of hydrogen-bond donors (Lipinski definition) is 1. The first-order chi connectivity index (χ1) is 9.95. The van der Waals surface area contributed by atoms with Crippen molar-refractivity contribution in [3.8, 4) is 11.5 Å². The molecule has 0 amide bonds. The molecule has 0 fully saturated rings. The summed E-state index contributed by atoms with van der Waals surface area (Å²) in [7, 11) is 0. The van der Waals surface area contributed by atoms with E-state index < -0.39 is 5.97 Å². The third kappa shape index (κ3) is 4.44. The molecule has 0 aliphatic rings. The maximum absolute atomic E-state index is 10.6. The number of benzene rings is 2. The van der Waals surface area contributed by atoms with Crippen LogP contribution in [-0.4, -0.2) is 11.1 Å². The second-order valence-corrected chi connectivity index (χ2v) is 6.14. The van der Waals surface area contributed by atoms with Crippen molar-refractivity contribution in [3.05, 3.63) is 62.5 Å². The van der Waals surface area contributed by atoms with Gasteiger partial charge in [0, 0.05) is 10.5 Å². The highest BCUT2D eigenvalue weighted by atomic mass is 79.9. The van der Waals surface area contributed by atoms with Crippen LogP contribution in [0.5, 0.6) is 11.5 Å². The molecule has 0 aliphatic carbocycles. The predicted octanol–water partition coefficient (Wildman–Crippen LogP) is 5.41. The molecule has 0 atom stereocenters. The van der Waals surface area contributed by atoms with E-state index in [1.54, 1.807) is 0 Å². The first-order valence-corrected chi connectivity index (χ1v) is 7.69. The molecule has 0 saturated carbocycles. The summed E-state index contributed by atoms with van der Waals surface area (Å²) in [6, 6.07) is 11.2. The van der Waals surface area contributed by atoms with Crippen molar-refractivity contribution >= 4 is 43.9 Å². The molecule has 2 aromatic rings. The van der Waals surface area contributed by atoms with Gasteiger partial charge in [-0.1, -0.05) is 28.1 Å². The Hall–Kier alpha value is -1.59. The highest BCUT2D eigenvalue weighted by Gasteiger charge is 2.06. The quantitative estimate of drug-likeness (QED) is 0.684. The standard InChI is InChI=1S/C16H12Br2O3/c1-10-2-3-11(4-7-16(19)20)8-15(10)21-14-6-5-12(17)9-13(14)18/h2-9H,1H3,(H,19,20)/b7-4+. The molecule has 0 unspecified atom stereocenters. The number of carbonyl (C=O) groups is 1. The van der Waals surface area contributed by atoms with E-state index in [0.29, 0.717) is 11.5 Å². The molecule has 0 radical (unpaired) electrons. The fourth-order valence-corrected chi connectivity index (χ4v) is 2.80. The zero-order chi connectivity index (χ0) is 15.4. The summed E-state index contributed by atoms with van der Waals surface area (Å²) in [5.74, 6) is 0.403. The highest BCUT2D eigenvalue weighted by Crippen LogP contribution is 2.33. The maximum Gasteiger partial charge on any atom is 0.328 e. The Morgan fingerprint density at radius 3 is 2.57 bits per heavy atom. The van der Waals surface area contributed by atoms with Crippen LogP contribution in [0.4, 0.5) is 0 Å². The summed E-state index contributed by atoms with van der Waals surface area (Å²) >= 11 is 6.84. The van der Waals surface area contributed by atoms with Gasteiger partial charge < -0.3 is 9.84 Å². The Kier molecular flexibility index (Phi) is 5.20. The second-order valence-electron chi connectivity index (χ2n) is 4.37. The SMILES string of the molecule is Cc1ccc(/C=C/C(=O)O)cc1Oc1ccc(Br)cc1Br. The normalized spacial score (nSPS) is 10.8. The number of hydrogen-bond acceptors (Lipinski definition) is 2. The van der Waals surface area contributed by atoms with Crippen molar-refractivity contribution in [1.82, 2.24) is 0 Å². The molecule has 3 nitrogen and oxygen atoms in total. The van der Waals surface area contributed by atoms with Gasteiger partial charge in [-0.15, -0.1) is 0 Å². The molecule has 21 heavy (non-hydrogen) atoms. The van der Waals surface area contributed by atoms with Gasteiger partial charge in [-0.2, -0.15) is 0 Å². The monoisotopic (exact) mass is 410 g/mol. The second kappa shape index (κ2) is 6.91. The number of carboxylic acid groups (broad SMARTS) is 1. The van der Waals surface area contributed by atoms with Crippen LogP contribution in [0.15, 0.2) is 51.4 Å². The lowest BCUT2D eigenvalue weighted by Gasteiger charge is -2.11. The van der Waals surface area contributed by atoms with Crippen molar-refractivity contribution in [2.24, 2.45) is 0 Å². The Bertz CT molecular complexity index is 709. The molecule has 0 saturated heterocycles. The zero-order valence-corrected chi connectivity index (χ0v) is 14.3. The van der Waals surface area contributed by atoms with Crippen molar-refractivity contribution in [1.29, 1.82) is 0 Å². The number of halogens is 2. The summed E-state index contributed by atoms with van der Waals surface area (Å²) in [5, 5.41) is 8.67. The molecule has 108 valence electrons. The van der Waals surface area contributed by atoms with Crippen LogP contribution in [0.3, 0.4) is 0 Å². The van der Waals surface area contributed by atoms with Crippen LogP contribution in [0.1, 0.15) is 11.1 Å². The smallest absolute Gasteiger partial charge is 0.328 e. The summed E-state index contributed by atoms with van der Waals surface area (Å²) in [6.45, 7) is 1.94. The van der Waals surface area contributed by atoms with Gasteiger partial charge in [-0.05, 0) is 64.3 Å². The zero-order valence-electron chi connectivity index (χ0n) is 11.1. The average molecular weight is 412 g/mol. The van der Waals surface area contributed by atoms with Crippen molar-refractivity contribution in [2.75, 3.05) is 0 Å². The van der Waals surface area contributed by atoms with Crippen LogP contribution < -0.4 is 4.74 Å². The number of aliphatic carboxylic acids is 1. The lowest BCUT2D eigenvalue weighted by atomic mass is 10.1. The van der Waals surface area contributed by atoms with Gasteiger partial charge in [0.15, 0.2) is 0 Å². The molecule has 0 aliphatic heterocycles. The predicted molar refractivity (Wildman–Crippen MR) is 89.8 cm³/mol.